The van der Waals surface area contributed by atoms with E-state index in [4.69, 9.17) is 5.73 Å². The summed E-state index contributed by atoms with van der Waals surface area (Å²) in [6.07, 6.45) is 3.69. The van der Waals surface area contributed by atoms with E-state index in [1.165, 1.54) is 0 Å². The van der Waals surface area contributed by atoms with Crippen molar-refractivity contribution in [2.24, 2.45) is 11.7 Å². The van der Waals surface area contributed by atoms with E-state index >= 15 is 0 Å². The molecule has 0 aliphatic rings. The van der Waals surface area contributed by atoms with Gasteiger partial charge in [-0.3, -0.25) is 4.21 Å². The lowest BCUT2D eigenvalue weighted by Gasteiger charge is -2.20. The first-order valence-corrected chi connectivity index (χ1v) is 7.64. The molecule has 0 amide bonds. The van der Waals surface area contributed by atoms with Crippen molar-refractivity contribution in [2.75, 3.05) is 18.1 Å². The maximum atomic E-state index is 11.4. The van der Waals surface area contributed by atoms with Crippen LogP contribution in [-0.2, 0) is 17.3 Å². The molecule has 98 valence electrons. The van der Waals surface area contributed by atoms with E-state index in [9.17, 15) is 4.21 Å². The zero-order chi connectivity index (χ0) is 12.8. The molecule has 0 aliphatic heterocycles. The van der Waals surface area contributed by atoms with Crippen LogP contribution in [0, 0.1) is 5.92 Å². The number of hydrogen-bond acceptors (Lipinski definition) is 3. The monoisotopic (exact) mass is 257 g/mol. The normalized spacial score (nSPS) is 15.1. The molecule has 0 radical (unpaired) electrons. The van der Waals surface area contributed by atoms with Gasteiger partial charge in [-0.15, -0.1) is 0 Å². The van der Waals surface area contributed by atoms with Gasteiger partial charge in [0.05, 0.1) is 6.33 Å². The smallest absolute Gasteiger partial charge is 0.0948 e. The standard InChI is InChI=1S/C12H23N3OS/c1-4-17(16)6-5-15-9-14-8-12(15)11(7-13)10(2)3/h8-11H,4-7,13H2,1-3H3. The number of aromatic nitrogens is 2. The zero-order valence-corrected chi connectivity index (χ0v) is 11.7. The third kappa shape index (κ3) is 3.92. The van der Waals surface area contributed by atoms with Crippen molar-refractivity contribution in [3.63, 3.8) is 0 Å². The first kappa shape index (κ1) is 14.4. The minimum atomic E-state index is -0.726. The molecule has 1 rings (SSSR count). The molecule has 0 fully saturated rings. The van der Waals surface area contributed by atoms with Crippen LogP contribution in [0.1, 0.15) is 32.4 Å². The topological polar surface area (TPSA) is 60.9 Å². The first-order chi connectivity index (χ1) is 8.10. The first-order valence-electron chi connectivity index (χ1n) is 6.15. The van der Waals surface area contributed by atoms with Gasteiger partial charge in [0.25, 0.3) is 0 Å². The van der Waals surface area contributed by atoms with E-state index in [2.05, 4.69) is 23.4 Å². The van der Waals surface area contributed by atoms with Crippen molar-refractivity contribution < 1.29 is 4.21 Å². The number of rotatable bonds is 7. The van der Waals surface area contributed by atoms with Crippen LogP contribution in [0.5, 0.6) is 0 Å². The summed E-state index contributed by atoms with van der Waals surface area (Å²) >= 11 is 0. The van der Waals surface area contributed by atoms with Gasteiger partial charge in [-0.2, -0.15) is 0 Å². The second-order valence-electron chi connectivity index (χ2n) is 4.53. The molecule has 0 saturated carbocycles. The Morgan fingerprint density at radius 1 is 1.53 bits per heavy atom. The summed E-state index contributed by atoms with van der Waals surface area (Å²) in [6, 6.07) is 0. The Kier molecular flexibility index (Phi) is 5.85. The van der Waals surface area contributed by atoms with Crippen molar-refractivity contribution in [1.29, 1.82) is 0 Å². The van der Waals surface area contributed by atoms with Crippen LogP contribution in [0.2, 0.25) is 0 Å². The van der Waals surface area contributed by atoms with E-state index in [0.29, 0.717) is 29.9 Å². The Labute approximate surface area is 106 Å². The van der Waals surface area contributed by atoms with Crippen molar-refractivity contribution >= 4 is 10.8 Å². The quantitative estimate of drug-likeness (QED) is 0.802. The molecule has 2 atom stereocenters. The van der Waals surface area contributed by atoms with Crippen LogP contribution in [0.15, 0.2) is 12.5 Å². The summed E-state index contributed by atoms with van der Waals surface area (Å²) in [6.45, 7) is 7.67. The summed E-state index contributed by atoms with van der Waals surface area (Å²) in [5.41, 5.74) is 6.98. The fraction of sp³-hybridized carbons (Fsp3) is 0.750. The molecule has 1 heterocycles. The highest BCUT2D eigenvalue weighted by Crippen LogP contribution is 2.22. The maximum Gasteiger partial charge on any atom is 0.0948 e. The number of imidazole rings is 1. The minimum Gasteiger partial charge on any atom is -0.333 e. The summed E-state index contributed by atoms with van der Waals surface area (Å²) in [5, 5.41) is 0. The number of nitrogens with zero attached hydrogens (tertiary/aromatic N) is 2. The van der Waals surface area contributed by atoms with Gasteiger partial charge in [0.15, 0.2) is 0 Å². The van der Waals surface area contributed by atoms with Crippen molar-refractivity contribution in [2.45, 2.75) is 33.2 Å². The predicted octanol–water partition coefficient (Wildman–Crippen LogP) is 1.35. The lowest BCUT2D eigenvalue weighted by molar-refractivity contribution is 0.476. The number of aryl methyl sites for hydroxylation is 1. The second-order valence-corrected chi connectivity index (χ2v) is 6.40. The number of nitrogens with two attached hydrogens (primary N) is 1. The van der Waals surface area contributed by atoms with Gasteiger partial charge >= 0.3 is 0 Å². The molecule has 2 N–H and O–H groups in total. The number of hydrogen-bond donors (Lipinski definition) is 1. The average Bonchev–Trinajstić information content (AvgIpc) is 2.74. The summed E-state index contributed by atoms with van der Waals surface area (Å²) in [7, 11) is -0.726. The lowest BCUT2D eigenvalue weighted by Crippen LogP contribution is -2.22. The van der Waals surface area contributed by atoms with E-state index in [-0.39, 0.29) is 0 Å². The maximum absolute atomic E-state index is 11.4. The Hall–Kier alpha value is -0.680. The Morgan fingerprint density at radius 3 is 2.76 bits per heavy atom. The molecule has 0 aromatic carbocycles. The largest absolute Gasteiger partial charge is 0.333 e. The highest BCUT2D eigenvalue weighted by atomic mass is 32.2. The fourth-order valence-electron chi connectivity index (χ4n) is 1.91. The summed E-state index contributed by atoms with van der Waals surface area (Å²) < 4.78 is 13.5. The predicted molar refractivity (Wildman–Crippen MR) is 72.4 cm³/mol. The van der Waals surface area contributed by atoms with Crippen LogP contribution in [0.4, 0.5) is 0 Å². The third-order valence-electron chi connectivity index (χ3n) is 3.06. The van der Waals surface area contributed by atoms with Gasteiger partial charge in [-0.25, -0.2) is 4.98 Å². The Bertz CT molecular complexity index is 362. The van der Waals surface area contributed by atoms with E-state index in [0.717, 1.165) is 12.2 Å². The molecule has 0 aliphatic carbocycles. The van der Waals surface area contributed by atoms with Gasteiger partial charge in [-0.1, -0.05) is 20.8 Å². The highest BCUT2D eigenvalue weighted by molar-refractivity contribution is 7.84. The molecule has 4 nitrogen and oxygen atoms in total. The van der Waals surface area contributed by atoms with Gasteiger partial charge in [0, 0.05) is 53.2 Å². The fourth-order valence-corrected chi connectivity index (χ4v) is 2.59. The average molecular weight is 257 g/mol. The summed E-state index contributed by atoms with van der Waals surface area (Å²) in [5.74, 6) is 2.23. The van der Waals surface area contributed by atoms with Crippen LogP contribution < -0.4 is 5.73 Å². The molecule has 17 heavy (non-hydrogen) atoms. The van der Waals surface area contributed by atoms with Crippen LogP contribution in [-0.4, -0.2) is 31.8 Å². The van der Waals surface area contributed by atoms with E-state index in [1.807, 2.05) is 19.4 Å². The highest BCUT2D eigenvalue weighted by Gasteiger charge is 2.18. The molecule has 1 aromatic rings. The Morgan fingerprint density at radius 2 is 2.24 bits per heavy atom. The summed E-state index contributed by atoms with van der Waals surface area (Å²) in [4.78, 5) is 4.19. The molecule has 5 heteroatoms. The van der Waals surface area contributed by atoms with Crippen molar-refractivity contribution in [3.8, 4) is 0 Å². The minimum absolute atomic E-state index is 0.326. The molecule has 1 aromatic heterocycles. The van der Waals surface area contributed by atoms with Gasteiger partial charge in [0.2, 0.25) is 0 Å². The van der Waals surface area contributed by atoms with Gasteiger partial charge in [-0.05, 0) is 5.92 Å². The van der Waals surface area contributed by atoms with Gasteiger partial charge < -0.3 is 10.3 Å². The lowest BCUT2D eigenvalue weighted by atomic mass is 9.93. The van der Waals surface area contributed by atoms with Crippen molar-refractivity contribution in [3.05, 3.63) is 18.2 Å². The van der Waals surface area contributed by atoms with Crippen molar-refractivity contribution in [1.82, 2.24) is 9.55 Å². The molecule has 0 saturated heterocycles. The molecule has 2 unspecified atom stereocenters. The van der Waals surface area contributed by atoms with Crippen LogP contribution in [0.3, 0.4) is 0 Å². The molecular formula is C12H23N3OS. The molecular weight excluding hydrogens is 234 g/mol. The SMILES string of the molecule is CCS(=O)CCn1cncc1C(CN)C(C)C. The van der Waals surface area contributed by atoms with E-state index in [1.54, 1.807) is 0 Å². The van der Waals surface area contributed by atoms with E-state index < -0.39 is 10.8 Å². The molecule has 0 bridgehead atoms. The van der Waals surface area contributed by atoms with Crippen LogP contribution >= 0.6 is 0 Å². The van der Waals surface area contributed by atoms with Crippen LogP contribution in [0.25, 0.3) is 0 Å². The van der Waals surface area contributed by atoms with Gasteiger partial charge in [0.1, 0.15) is 0 Å². The molecule has 0 spiro atoms. The second kappa shape index (κ2) is 6.91. The zero-order valence-electron chi connectivity index (χ0n) is 10.9. The third-order valence-corrected chi connectivity index (χ3v) is 4.35. The Balaban J connectivity index is 2.74.